The normalized spacial score (nSPS) is 15.1. The summed E-state index contributed by atoms with van der Waals surface area (Å²) in [5.74, 6) is -0.703. The van der Waals surface area contributed by atoms with Crippen molar-refractivity contribution >= 4 is 28.9 Å². The molecule has 0 saturated heterocycles. The van der Waals surface area contributed by atoms with Gasteiger partial charge in [0.2, 0.25) is 5.91 Å². The first-order valence-electron chi connectivity index (χ1n) is 9.42. The van der Waals surface area contributed by atoms with Crippen molar-refractivity contribution in [1.29, 1.82) is 0 Å². The smallest absolute Gasteiger partial charge is 0.282 e. The highest BCUT2D eigenvalue weighted by molar-refractivity contribution is 6.30. The number of carbonyl (C=O) groups excluding carboxylic acids is 2. The first kappa shape index (κ1) is 19.4. The second-order valence-electron chi connectivity index (χ2n) is 6.54. The van der Waals surface area contributed by atoms with Crippen LogP contribution < -0.4 is 16.1 Å². The molecule has 0 saturated carbocycles. The molecule has 144 valence electrons. The lowest BCUT2D eigenvalue weighted by atomic mass is 10.1. The molecule has 0 aliphatic carbocycles. The number of rotatable bonds is 7. The Morgan fingerprint density at radius 2 is 1.86 bits per heavy atom. The van der Waals surface area contributed by atoms with Crippen molar-refractivity contribution in [3.8, 4) is 0 Å². The quantitative estimate of drug-likeness (QED) is 0.720. The number of anilines is 2. The van der Waals surface area contributed by atoms with Crippen LogP contribution in [0.5, 0.6) is 0 Å². The minimum atomic E-state index is -0.506. The first-order valence-corrected chi connectivity index (χ1v) is 9.42. The maximum atomic E-state index is 13.0. The Balaban J connectivity index is 1.88. The molecule has 3 rings (SSSR count). The number of aryl methyl sites for hydroxylation is 1. The number of nitrogens with two attached hydrogens (primary N) is 1. The van der Waals surface area contributed by atoms with Gasteiger partial charge < -0.3 is 11.1 Å². The van der Waals surface area contributed by atoms with E-state index in [2.05, 4.69) is 30.3 Å². The summed E-state index contributed by atoms with van der Waals surface area (Å²) < 4.78 is 0. The number of primary amides is 1. The van der Waals surface area contributed by atoms with Crippen LogP contribution in [0.3, 0.4) is 0 Å². The summed E-state index contributed by atoms with van der Waals surface area (Å²) in [6, 6.07) is 14.6. The molecule has 6 heteroatoms. The number of carbonyl (C=O) groups is 2. The van der Waals surface area contributed by atoms with Crippen molar-refractivity contribution in [1.82, 2.24) is 0 Å². The monoisotopic (exact) mass is 376 g/mol. The third-order valence-electron chi connectivity index (χ3n) is 4.61. The average Bonchev–Trinajstić information content (AvgIpc) is 3.02. The van der Waals surface area contributed by atoms with E-state index in [1.807, 2.05) is 18.2 Å². The van der Waals surface area contributed by atoms with Gasteiger partial charge in [-0.25, -0.2) is 0 Å². The third kappa shape index (κ3) is 3.96. The minimum Gasteiger partial charge on any atom is -0.366 e. The Morgan fingerprint density at radius 3 is 2.50 bits per heavy atom. The van der Waals surface area contributed by atoms with Gasteiger partial charge in [0.25, 0.3) is 5.91 Å². The van der Waals surface area contributed by atoms with E-state index in [9.17, 15) is 9.59 Å². The number of hydrogen-bond acceptors (Lipinski definition) is 4. The molecule has 3 N–H and O–H groups in total. The van der Waals surface area contributed by atoms with Gasteiger partial charge in [0.05, 0.1) is 17.0 Å². The molecule has 6 nitrogen and oxygen atoms in total. The predicted octanol–water partition coefficient (Wildman–Crippen LogP) is 3.85. The molecule has 0 radical (unpaired) electrons. The van der Waals surface area contributed by atoms with Crippen molar-refractivity contribution in [3.05, 3.63) is 71.4 Å². The summed E-state index contributed by atoms with van der Waals surface area (Å²) in [4.78, 5) is 24.3. The molecule has 1 aliphatic heterocycles. The van der Waals surface area contributed by atoms with Crippen LogP contribution in [0.4, 0.5) is 11.4 Å². The summed E-state index contributed by atoms with van der Waals surface area (Å²) in [5.41, 5.74) is 9.72. The van der Waals surface area contributed by atoms with Gasteiger partial charge in [0.1, 0.15) is 0 Å². The van der Waals surface area contributed by atoms with E-state index >= 15 is 0 Å². The van der Waals surface area contributed by atoms with Crippen LogP contribution in [0.1, 0.15) is 42.6 Å². The fourth-order valence-electron chi connectivity index (χ4n) is 3.09. The van der Waals surface area contributed by atoms with Crippen LogP contribution in [0.15, 0.2) is 65.4 Å². The molecule has 28 heavy (non-hydrogen) atoms. The molecule has 1 heterocycles. The Morgan fingerprint density at radius 1 is 1.14 bits per heavy atom. The van der Waals surface area contributed by atoms with E-state index in [4.69, 9.17) is 5.73 Å². The van der Waals surface area contributed by atoms with E-state index < -0.39 is 5.91 Å². The Bertz CT molecular complexity index is 945. The van der Waals surface area contributed by atoms with E-state index in [1.165, 1.54) is 10.6 Å². The Kier molecular flexibility index (Phi) is 5.89. The molecular formula is C22H24N4O2. The van der Waals surface area contributed by atoms with Gasteiger partial charge in [0, 0.05) is 17.5 Å². The number of hydrogen-bond donors (Lipinski definition) is 2. The molecule has 1 aliphatic rings. The van der Waals surface area contributed by atoms with Crippen molar-refractivity contribution < 1.29 is 9.59 Å². The van der Waals surface area contributed by atoms with Crippen LogP contribution in [0.25, 0.3) is 0 Å². The van der Waals surface area contributed by atoms with Crippen LogP contribution in [0.2, 0.25) is 0 Å². The molecule has 2 aromatic carbocycles. The van der Waals surface area contributed by atoms with Gasteiger partial charge >= 0.3 is 0 Å². The number of nitrogens with one attached hydrogen (secondary N) is 1. The average molecular weight is 376 g/mol. The highest BCUT2D eigenvalue weighted by Gasteiger charge is 2.30. The van der Waals surface area contributed by atoms with Gasteiger partial charge in [-0.1, -0.05) is 38.5 Å². The Labute approximate surface area is 164 Å². The van der Waals surface area contributed by atoms with E-state index in [1.54, 1.807) is 30.5 Å². The van der Waals surface area contributed by atoms with Gasteiger partial charge in [0.15, 0.2) is 0 Å². The molecule has 0 aromatic heterocycles. The molecular weight excluding hydrogens is 352 g/mol. The van der Waals surface area contributed by atoms with Crippen LogP contribution >= 0.6 is 0 Å². The summed E-state index contributed by atoms with van der Waals surface area (Å²) in [6.45, 7) is 4.14. The maximum absolute atomic E-state index is 13.0. The SMILES string of the molecule is CCCC1=NN(c2ccc(C(N)=O)cc2)C(=O)C1=CNc1ccccc1CC. The van der Waals surface area contributed by atoms with Crippen molar-refractivity contribution in [2.45, 2.75) is 33.1 Å². The highest BCUT2D eigenvalue weighted by Crippen LogP contribution is 2.26. The fraction of sp³-hybridized carbons (Fsp3) is 0.227. The minimum absolute atomic E-state index is 0.197. The number of para-hydroxylation sites is 1. The zero-order chi connectivity index (χ0) is 20.1. The van der Waals surface area contributed by atoms with Crippen molar-refractivity contribution in [2.75, 3.05) is 10.3 Å². The van der Waals surface area contributed by atoms with Crippen LogP contribution in [-0.4, -0.2) is 17.5 Å². The van der Waals surface area contributed by atoms with Crippen molar-refractivity contribution in [2.24, 2.45) is 10.8 Å². The zero-order valence-electron chi connectivity index (χ0n) is 16.1. The lowest BCUT2D eigenvalue weighted by Gasteiger charge is -2.12. The van der Waals surface area contributed by atoms with E-state index in [-0.39, 0.29) is 5.91 Å². The summed E-state index contributed by atoms with van der Waals surface area (Å²) in [6.07, 6.45) is 4.21. The lowest BCUT2D eigenvalue weighted by Crippen LogP contribution is -2.22. The molecule has 0 unspecified atom stereocenters. The fourth-order valence-corrected chi connectivity index (χ4v) is 3.09. The summed E-state index contributed by atoms with van der Waals surface area (Å²) in [5, 5.41) is 9.16. The summed E-state index contributed by atoms with van der Waals surface area (Å²) in [7, 11) is 0. The van der Waals surface area contributed by atoms with E-state index in [0.29, 0.717) is 23.2 Å². The largest absolute Gasteiger partial charge is 0.366 e. The second-order valence-corrected chi connectivity index (χ2v) is 6.54. The van der Waals surface area contributed by atoms with Gasteiger partial charge in [-0.05, 0) is 48.7 Å². The standard InChI is InChI=1S/C22H24N4O2/c1-3-7-20-18(14-24-19-9-6-5-8-15(19)4-2)22(28)26(25-20)17-12-10-16(11-13-17)21(23)27/h5-6,8-14,24H,3-4,7H2,1-2H3,(H2,23,27). The molecule has 2 aromatic rings. The first-order chi connectivity index (χ1) is 13.5. The summed E-state index contributed by atoms with van der Waals surface area (Å²) >= 11 is 0. The second kappa shape index (κ2) is 8.52. The van der Waals surface area contributed by atoms with Gasteiger partial charge in [-0.2, -0.15) is 10.1 Å². The number of nitrogens with zero attached hydrogens (tertiary/aromatic N) is 2. The number of hydrazone groups is 1. The zero-order valence-corrected chi connectivity index (χ0v) is 16.1. The third-order valence-corrected chi connectivity index (χ3v) is 4.61. The topological polar surface area (TPSA) is 87.8 Å². The molecule has 0 bridgehead atoms. The predicted molar refractivity (Wildman–Crippen MR) is 112 cm³/mol. The number of amides is 2. The van der Waals surface area contributed by atoms with Crippen molar-refractivity contribution in [3.63, 3.8) is 0 Å². The maximum Gasteiger partial charge on any atom is 0.282 e. The molecule has 0 atom stereocenters. The molecule has 0 fully saturated rings. The Hall–Kier alpha value is -3.41. The molecule has 0 spiro atoms. The van der Waals surface area contributed by atoms with Crippen LogP contribution in [-0.2, 0) is 11.2 Å². The lowest BCUT2D eigenvalue weighted by molar-refractivity contribution is -0.114. The number of benzene rings is 2. The van der Waals surface area contributed by atoms with Gasteiger partial charge in [-0.15, -0.1) is 0 Å². The van der Waals surface area contributed by atoms with Crippen LogP contribution in [0, 0.1) is 0 Å². The van der Waals surface area contributed by atoms with Gasteiger partial charge in [-0.3, -0.25) is 9.59 Å². The molecule has 2 amide bonds. The highest BCUT2D eigenvalue weighted by atomic mass is 16.2. The van der Waals surface area contributed by atoms with E-state index in [0.717, 1.165) is 24.2 Å².